The number of anilines is 1. The number of urea groups is 1. The van der Waals surface area contributed by atoms with Gasteiger partial charge in [0, 0.05) is 25.3 Å². The molecule has 2 rings (SSSR count). The van der Waals surface area contributed by atoms with Gasteiger partial charge < -0.3 is 15.5 Å². The molecule has 0 saturated heterocycles. The van der Waals surface area contributed by atoms with Crippen LogP contribution in [-0.2, 0) is 11.2 Å². The number of amides is 2. The molecule has 102 valence electrons. The van der Waals surface area contributed by atoms with Gasteiger partial charge in [-0.15, -0.1) is 0 Å². The van der Waals surface area contributed by atoms with Gasteiger partial charge in [0.1, 0.15) is 6.04 Å². The number of carboxylic acids is 1. The molecule has 2 amide bonds. The number of benzene rings is 1. The summed E-state index contributed by atoms with van der Waals surface area (Å²) in [5, 5.41) is 20.2. The molecule has 0 saturated carbocycles. The number of hydrogen-bond donors (Lipinski definition) is 3. The summed E-state index contributed by atoms with van der Waals surface area (Å²) in [6.07, 6.45) is 0.762. The first-order valence-corrected chi connectivity index (χ1v) is 6.13. The Kier molecular flexibility index (Phi) is 4.01. The van der Waals surface area contributed by atoms with Crippen LogP contribution in [0.3, 0.4) is 0 Å². The Morgan fingerprint density at radius 1 is 1.37 bits per heavy atom. The van der Waals surface area contributed by atoms with E-state index in [1.807, 2.05) is 24.3 Å². The lowest BCUT2D eigenvalue weighted by Crippen LogP contribution is -2.48. The van der Waals surface area contributed by atoms with E-state index in [1.54, 1.807) is 0 Å². The molecule has 6 heteroatoms. The van der Waals surface area contributed by atoms with E-state index in [0.29, 0.717) is 6.54 Å². The van der Waals surface area contributed by atoms with E-state index >= 15 is 0 Å². The topological polar surface area (TPSA) is 89.9 Å². The Labute approximate surface area is 110 Å². The van der Waals surface area contributed by atoms with Crippen molar-refractivity contribution in [3.63, 3.8) is 0 Å². The number of aliphatic hydroxyl groups is 1. The standard InChI is InChI=1S/C13H16N2O4/c16-8-6-10(12(17)18)14-13(19)15-7-5-9-3-1-2-4-11(9)15/h1-4,10,16H,5-8H2,(H,14,19)(H,17,18)/t10-/m1/s1. The highest BCUT2D eigenvalue weighted by atomic mass is 16.4. The first-order valence-electron chi connectivity index (χ1n) is 6.13. The highest BCUT2D eigenvalue weighted by Crippen LogP contribution is 2.27. The predicted octanol–water partition coefficient (Wildman–Crippen LogP) is 0.594. The number of aliphatic carboxylic acids is 1. The van der Waals surface area contributed by atoms with E-state index in [2.05, 4.69) is 5.32 Å². The maximum atomic E-state index is 12.1. The van der Waals surface area contributed by atoms with Crippen molar-refractivity contribution in [3.05, 3.63) is 29.8 Å². The second-order valence-corrected chi connectivity index (χ2v) is 4.38. The maximum absolute atomic E-state index is 12.1. The monoisotopic (exact) mass is 264 g/mol. The van der Waals surface area contributed by atoms with E-state index in [0.717, 1.165) is 17.7 Å². The molecule has 0 fully saturated rings. The van der Waals surface area contributed by atoms with Crippen molar-refractivity contribution in [1.82, 2.24) is 5.32 Å². The number of nitrogens with one attached hydrogen (secondary N) is 1. The van der Waals surface area contributed by atoms with Crippen molar-refractivity contribution >= 4 is 17.7 Å². The molecule has 0 spiro atoms. The molecule has 1 aliphatic heterocycles. The van der Waals surface area contributed by atoms with Gasteiger partial charge in [-0.3, -0.25) is 4.90 Å². The molecule has 0 radical (unpaired) electrons. The molecular formula is C13H16N2O4. The number of carbonyl (C=O) groups excluding carboxylic acids is 1. The smallest absolute Gasteiger partial charge is 0.326 e. The summed E-state index contributed by atoms with van der Waals surface area (Å²) in [6.45, 7) is 0.254. The normalized spacial score (nSPS) is 14.9. The summed E-state index contributed by atoms with van der Waals surface area (Å²) in [4.78, 5) is 24.5. The fourth-order valence-corrected chi connectivity index (χ4v) is 2.16. The Balaban J connectivity index is 2.07. The summed E-state index contributed by atoms with van der Waals surface area (Å²) < 4.78 is 0. The van der Waals surface area contributed by atoms with Crippen molar-refractivity contribution < 1.29 is 19.8 Å². The number of para-hydroxylation sites is 1. The van der Waals surface area contributed by atoms with Crippen LogP contribution >= 0.6 is 0 Å². The number of hydrogen-bond acceptors (Lipinski definition) is 3. The third kappa shape index (κ3) is 2.85. The SMILES string of the molecule is O=C(O)[C@@H](CCO)NC(=O)N1CCc2ccccc21. The summed E-state index contributed by atoms with van der Waals surface area (Å²) in [5.41, 5.74) is 1.89. The molecule has 0 bridgehead atoms. The Morgan fingerprint density at radius 2 is 2.11 bits per heavy atom. The number of nitrogens with zero attached hydrogens (tertiary/aromatic N) is 1. The largest absolute Gasteiger partial charge is 0.480 e. The molecule has 1 aromatic carbocycles. The van der Waals surface area contributed by atoms with Crippen molar-refractivity contribution in [3.8, 4) is 0 Å². The number of carboxylic acid groups (broad SMARTS) is 1. The molecule has 0 unspecified atom stereocenters. The fourth-order valence-electron chi connectivity index (χ4n) is 2.16. The molecule has 1 atom stereocenters. The molecule has 3 N–H and O–H groups in total. The predicted molar refractivity (Wildman–Crippen MR) is 69.2 cm³/mol. The molecular weight excluding hydrogens is 248 g/mol. The van der Waals surface area contributed by atoms with Crippen LogP contribution in [-0.4, -0.2) is 41.4 Å². The van der Waals surface area contributed by atoms with Crippen LogP contribution in [0.2, 0.25) is 0 Å². The molecule has 1 aliphatic rings. The van der Waals surface area contributed by atoms with Crippen LogP contribution in [0.1, 0.15) is 12.0 Å². The van der Waals surface area contributed by atoms with E-state index in [-0.39, 0.29) is 13.0 Å². The van der Waals surface area contributed by atoms with Gasteiger partial charge in [0.05, 0.1) is 0 Å². The van der Waals surface area contributed by atoms with Crippen LogP contribution in [0.25, 0.3) is 0 Å². The van der Waals surface area contributed by atoms with E-state index < -0.39 is 18.0 Å². The minimum absolute atomic E-state index is 0.00341. The van der Waals surface area contributed by atoms with Gasteiger partial charge in [-0.25, -0.2) is 9.59 Å². The summed E-state index contributed by atoms with van der Waals surface area (Å²) in [5.74, 6) is -1.14. The molecule has 1 heterocycles. The third-order valence-corrected chi connectivity index (χ3v) is 3.15. The quantitative estimate of drug-likeness (QED) is 0.742. The van der Waals surface area contributed by atoms with Crippen molar-refractivity contribution in [1.29, 1.82) is 0 Å². The zero-order valence-electron chi connectivity index (χ0n) is 10.4. The van der Waals surface area contributed by atoms with Gasteiger partial charge in [-0.2, -0.15) is 0 Å². The van der Waals surface area contributed by atoms with Crippen LogP contribution < -0.4 is 10.2 Å². The third-order valence-electron chi connectivity index (χ3n) is 3.15. The number of carbonyl (C=O) groups is 2. The molecule has 19 heavy (non-hydrogen) atoms. The second kappa shape index (κ2) is 5.71. The summed E-state index contributed by atoms with van der Waals surface area (Å²) in [7, 11) is 0. The fraction of sp³-hybridized carbons (Fsp3) is 0.385. The lowest BCUT2D eigenvalue weighted by atomic mass is 10.2. The minimum atomic E-state index is -1.14. The zero-order valence-corrected chi connectivity index (χ0v) is 10.4. The summed E-state index contributed by atoms with van der Waals surface area (Å²) >= 11 is 0. The first-order chi connectivity index (χ1) is 9.13. The van der Waals surface area contributed by atoms with Crippen molar-refractivity contribution in [2.24, 2.45) is 0 Å². The molecule has 6 nitrogen and oxygen atoms in total. The zero-order chi connectivity index (χ0) is 13.8. The molecule has 0 aliphatic carbocycles. The first kappa shape index (κ1) is 13.4. The van der Waals surface area contributed by atoms with E-state index in [4.69, 9.17) is 10.2 Å². The lowest BCUT2D eigenvalue weighted by Gasteiger charge is -2.21. The Morgan fingerprint density at radius 3 is 2.79 bits per heavy atom. The van der Waals surface area contributed by atoms with Gasteiger partial charge in [0.15, 0.2) is 0 Å². The van der Waals surface area contributed by atoms with Crippen molar-refractivity contribution in [2.75, 3.05) is 18.1 Å². The second-order valence-electron chi connectivity index (χ2n) is 4.38. The van der Waals surface area contributed by atoms with E-state index in [1.165, 1.54) is 4.90 Å². The Hall–Kier alpha value is -2.08. The van der Waals surface area contributed by atoms with Gasteiger partial charge in [0.2, 0.25) is 0 Å². The van der Waals surface area contributed by atoms with Crippen LogP contribution in [0.15, 0.2) is 24.3 Å². The van der Waals surface area contributed by atoms with Gasteiger partial charge >= 0.3 is 12.0 Å². The van der Waals surface area contributed by atoms with Crippen molar-refractivity contribution in [2.45, 2.75) is 18.9 Å². The van der Waals surface area contributed by atoms with Gasteiger partial charge in [0.25, 0.3) is 0 Å². The molecule has 1 aromatic rings. The van der Waals surface area contributed by atoms with Crippen LogP contribution in [0.4, 0.5) is 10.5 Å². The summed E-state index contributed by atoms with van der Waals surface area (Å²) in [6, 6.07) is 6.03. The number of rotatable bonds is 4. The lowest BCUT2D eigenvalue weighted by molar-refractivity contribution is -0.139. The highest BCUT2D eigenvalue weighted by Gasteiger charge is 2.27. The van der Waals surface area contributed by atoms with E-state index in [9.17, 15) is 9.59 Å². The minimum Gasteiger partial charge on any atom is -0.480 e. The van der Waals surface area contributed by atoms with Gasteiger partial charge in [-0.05, 0) is 18.1 Å². The maximum Gasteiger partial charge on any atom is 0.326 e. The average molecular weight is 264 g/mol. The average Bonchev–Trinajstić information content (AvgIpc) is 2.81. The van der Waals surface area contributed by atoms with Crippen LogP contribution in [0, 0.1) is 0 Å². The van der Waals surface area contributed by atoms with Gasteiger partial charge in [-0.1, -0.05) is 18.2 Å². The molecule has 0 aromatic heterocycles. The Bertz CT molecular complexity index is 489. The van der Waals surface area contributed by atoms with Crippen LogP contribution in [0.5, 0.6) is 0 Å². The number of fused-ring (bicyclic) bond motifs is 1. The number of aliphatic hydroxyl groups excluding tert-OH is 1. The highest BCUT2D eigenvalue weighted by molar-refractivity contribution is 5.96.